The molecule has 118 valence electrons. The Morgan fingerprint density at radius 3 is 2.38 bits per heavy atom. The Morgan fingerprint density at radius 1 is 1.33 bits per heavy atom. The quantitative estimate of drug-likeness (QED) is 0.818. The summed E-state index contributed by atoms with van der Waals surface area (Å²) < 4.78 is 45.4. The van der Waals surface area contributed by atoms with Gasteiger partial charge in [-0.3, -0.25) is 0 Å². The number of ether oxygens (including phenoxy) is 1. The molecule has 0 saturated carbocycles. The van der Waals surface area contributed by atoms with Crippen LogP contribution in [0, 0.1) is 5.82 Å². The smallest absolute Gasteiger partial charge is 0.339 e. The van der Waals surface area contributed by atoms with Crippen molar-refractivity contribution in [2.75, 3.05) is 7.11 Å². The first-order chi connectivity index (χ1) is 9.69. The third-order valence-corrected chi connectivity index (χ3v) is 5.26. The van der Waals surface area contributed by atoms with Crippen molar-refractivity contribution >= 4 is 16.0 Å². The fourth-order valence-electron chi connectivity index (χ4n) is 1.77. The van der Waals surface area contributed by atoms with E-state index in [-0.39, 0.29) is 5.56 Å². The van der Waals surface area contributed by atoms with Crippen LogP contribution in [0.4, 0.5) is 4.39 Å². The number of hydrogen-bond acceptors (Lipinski definition) is 4. The topological polar surface area (TPSA) is 72.5 Å². The summed E-state index contributed by atoms with van der Waals surface area (Å²) in [6.45, 7) is 5.44. The molecule has 0 bridgehead atoms. The molecule has 0 heterocycles. The van der Waals surface area contributed by atoms with E-state index in [1.165, 1.54) is 0 Å². The first-order valence-corrected chi connectivity index (χ1v) is 8.09. The number of rotatable bonds is 6. The van der Waals surface area contributed by atoms with Gasteiger partial charge in [0.25, 0.3) is 0 Å². The Labute approximate surface area is 124 Å². The lowest BCUT2D eigenvalue weighted by Gasteiger charge is -2.28. The number of sulfonamides is 1. The van der Waals surface area contributed by atoms with Gasteiger partial charge in [0.2, 0.25) is 10.0 Å². The highest BCUT2D eigenvalue weighted by atomic mass is 32.2. The number of esters is 1. The van der Waals surface area contributed by atoms with Crippen LogP contribution < -0.4 is 4.72 Å². The Kier molecular flexibility index (Phi) is 5.47. The summed E-state index contributed by atoms with van der Waals surface area (Å²) in [5.41, 5.74) is -0.862. The fraction of sp³-hybridized carbons (Fsp3) is 0.500. The number of halogens is 1. The second-order valence-electron chi connectivity index (χ2n) is 5.01. The lowest BCUT2D eigenvalue weighted by molar-refractivity contribution is 0.0596. The summed E-state index contributed by atoms with van der Waals surface area (Å²) >= 11 is 0. The zero-order valence-electron chi connectivity index (χ0n) is 12.6. The summed E-state index contributed by atoms with van der Waals surface area (Å²) in [6, 6.07) is 2.94. The van der Waals surface area contributed by atoms with Gasteiger partial charge in [0, 0.05) is 5.54 Å². The van der Waals surface area contributed by atoms with Crippen molar-refractivity contribution in [3.8, 4) is 0 Å². The maximum Gasteiger partial charge on any atom is 0.339 e. The van der Waals surface area contributed by atoms with Crippen LogP contribution in [0.5, 0.6) is 0 Å². The van der Waals surface area contributed by atoms with Gasteiger partial charge in [-0.15, -0.1) is 0 Å². The van der Waals surface area contributed by atoms with Crippen molar-refractivity contribution in [2.24, 2.45) is 0 Å². The minimum absolute atomic E-state index is 0.194. The molecule has 1 N–H and O–H groups in total. The zero-order chi connectivity index (χ0) is 16.3. The van der Waals surface area contributed by atoms with Gasteiger partial charge in [-0.2, -0.15) is 0 Å². The van der Waals surface area contributed by atoms with Crippen molar-refractivity contribution in [3.63, 3.8) is 0 Å². The number of carbonyl (C=O) groups excluding carboxylic acids is 1. The molecule has 0 amide bonds. The predicted molar refractivity (Wildman–Crippen MR) is 77.0 cm³/mol. The minimum Gasteiger partial charge on any atom is -0.465 e. The molecule has 0 spiro atoms. The van der Waals surface area contributed by atoms with Crippen molar-refractivity contribution in [2.45, 2.75) is 44.0 Å². The molecule has 1 aromatic carbocycles. The van der Waals surface area contributed by atoms with Crippen LogP contribution >= 0.6 is 0 Å². The molecule has 0 fully saturated rings. The highest BCUT2D eigenvalue weighted by Crippen LogP contribution is 2.23. The molecule has 1 aromatic rings. The molecule has 1 rings (SSSR count). The average molecular weight is 317 g/mol. The molecule has 21 heavy (non-hydrogen) atoms. The summed E-state index contributed by atoms with van der Waals surface area (Å²) in [6.07, 6.45) is 1.12. The third-order valence-electron chi connectivity index (χ3n) is 3.58. The highest BCUT2D eigenvalue weighted by molar-refractivity contribution is 7.89. The lowest BCUT2D eigenvalue weighted by Crippen LogP contribution is -2.45. The van der Waals surface area contributed by atoms with Gasteiger partial charge in [-0.05, 0) is 38.0 Å². The number of benzene rings is 1. The molecular formula is C14H20FNO4S. The maximum atomic E-state index is 13.4. The van der Waals surface area contributed by atoms with E-state index in [2.05, 4.69) is 9.46 Å². The summed E-state index contributed by atoms with van der Waals surface area (Å²) in [4.78, 5) is 11.2. The molecule has 0 unspecified atom stereocenters. The summed E-state index contributed by atoms with van der Waals surface area (Å²) in [5, 5.41) is 0. The van der Waals surface area contributed by atoms with E-state index in [9.17, 15) is 17.6 Å². The average Bonchev–Trinajstić information content (AvgIpc) is 2.45. The van der Waals surface area contributed by atoms with E-state index in [1.54, 1.807) is 6.92 Å². The van der Waals surface area contributed by atoms with Crippen molar-refractivity contribution in [3.05, 3.63) is 29.6 Å². The number of nitrogens with one attached hydrogen (secondary N) is 1. The molecule has 0 saturated heterocycles. The molecule has 0 aliphatic rings. The van der Waals surface area contributed by atoms with Crippen molar-refractivity contribution < 1.29 is 22.3 Å². The van der Waals surface area contributed by atoms with Crippen LogP contribution in [0.1, 0.15) is 44.0 Å². The van der Waals surface area contributed by atoms with Gasteiger partial charge in [0.1, 0.15) is 5.82 Å². The third kappa shape index (κ3) is 4.01. The normalized spacial score (nSPS) is 12.2. The van der Waals surface area contributed by atoms with E-state index < -0.39 is 32.2 Å². The van der Waals surface area contributed by atoms with Gasteiger partial charge in [-0.1, -0.05) is 13.8 Å². The van der Waals surface area contributed by atoms with E-state index in [0.29, 0.717) is 12.8 Å². The van der Waals surface area contributed by atoms with Crippen LogP contribution in [0.3, 0.4) is 0 Å². The Balaban J connectivity index is 3.37. The number of carbonyl (C=O) groups is 1. The first kappa shape index (κ1) is 17.6. The largest absolute Gasteiger partial charge is 0.465 e. The molecular weight excluding hydrogens is 297 g/mol. The second kappa shape index (κ2) is 6.53. The molecule has 5 nitrogen and oxygen atoms in total. The van der Waals surface area contributed by atoms with E-state index in [4.69, 9.17) is 0 Å². The summed E-state index contributed by atoms with van der Waals surface area (Å²) in [5.74, 6) is -1.57. The van der Waals surface area contributed by atoms with Crippen LogP contribution in [0.25, 0.3) is 0 Å². The monoisotopic (exact) mass is 317 g/mol. The second-order valence-corrected chi connectivity index (χ2v) is 6.66. The van der Waals surface area contributed by atoms with Crippen LogP contribution in [0.2, 0.25) is 0 Å². The predicted octanol–water partition coefficient (Wildman–Crippen LogP) is 2.47. The van der Waals surface area contributed by atoms with E-state index in [0.717, 1.165) is 25.3 Å². The van der Waals surface area contributed by atoms with Crippen LogP contribution in [-0.2, 0) is 14.8 Å². The maximum absolute atomic E-state index is 13.4. The van der Waals surface area contributed by atoms with Gasteiger partial charge in [-0.25, -0.2) is 22.3 Å². The van der Waals surface area contributed by atoms with Crippen molar-refractivity contribution in [1.29, 1.82) is 0 Å². The Bertz CT molecular complexity index is 624. The number of hydrogen-bond donors (Lipinski definition) is 1. The molecule has 0 aromatic heterocycles. The van der Waals surface area contributed by atoms with Gasteiger partial charge >= 0.3 is 5.97 Å². The SMILES string of the molecule is CCC(C)(CC)NS(=O)(=O)c1cc(F)ccc1C(=O)OC. The molecule has 0 atom stereocenters. The molecule has 0 aliphatic carbocycles. The van der Waals surface area contributed by atoms with E-state index >= 15 is 0 Å². The minimum atomic E-state index is -4.04. The van der Waals surface area contributed by atoms with Crippen molar-refractivity contribution in [1.82, 2.24) is 4.72 Å². The highest BCUT2D eigenvalue weighted by Gasteiger charge is 2.30. The first-order valence-electron chi connectivity index (χ1n) is 6.61. The molecule has 7 heteroatoms. The molecule has 0 aliphatic heterocycles. The van der Waals surface area contributed by atoms with Gasteiger partial charge < -0.3 is 4.74 Å². The molecule has 0 radical (unpaired) electrons. The summed E-state index contributed by atoms with van der Waals surface area (Å²) in [7, 11) is -2.90. The fourth-order valence-corrected chi connectivity index (χ4v) is 3.53. The van der Waals surface area contributed by atoms with Crippen LogP contribution in [-0.4, -0.2) is 27.0 Å². The van der Waals surface area contributed by atoms with Gasteiger partial charge in [0.05, 0.1) is 17.6 Å². The standard InChI is InChI=1S/C14H20FNO4S/c1-5-14(3,6-2)16-21(18,19)12-9-10(15)7-8-11(12)13(17)20-4/h7-9,16H,5-6H2,1-4H3. The Hall–Kier alpha value is -1.47. The van der Waals surface area contributed by atoms with E-state index in [1.807, 2.05) is 13.8 Å². The van der Waals surface area contributed by atoms with Crippen LogP contribution in [0.15, 0.2) is 23.1 Å². The number of methoxy groups -OCH3 is 1. The van der Waals surface area contributed by atoms with Gasteiger partial charge in [0.15, 0.2) is 0 Å². The lowest BCUT2D eigenvalue weighted by atomic mass is 9.98. The zero-order valence-corrected chi connectivity index (χ0v) is 13.4. The Morgan fingerprint density at radius 2 is 1.90 bits per heavy atom.